The molecular weight excluding hydrogens is 289 g/mol. The lowest BCUT2D eigenvalue weighted by Gasteiger charge is -2.36. The maximum Gasteiger partial charge on any atom is 0.264 e. The zero-order valence-electron chi connectivity index (χ0n) is 11.5. The van der Waals surface area contributed by atoms with Gasteiger partial charge in [-0.1, -0.05) is 6.07 Å². The van der Waals surface area contributed by atoms with Crippen LogP contribution in [0.1, 0.15) is 35.4 Å². The van der Waals surface area contributed by atoms with E-state index in [4.69, 9.17) is 0 Å². The van der Waals surface area contributed by atoms with Crippen LogP contribution in [-0.4, -0.2) is 34.1 Å². The highest BCUT2D eigenvalue weighted by molar-refractivity contribution is 7.20. The van der Waals surface area contributed by atoms with Gasteiger partial charge < -0.3 is 10.0 Å². The van der Waals surface area contributed by atoms with E-state index in [0.717, 1.165) is 17.5 Å². The average molecular weight is 305 g/mol. The summed E-state index contributed by atoms with van der Waals surface area (Å²) in [5.74, 6) is -0.283. The van der Waals surface area contributed by atoms with Crippen molar-refractivity contribution < 1.29 is 14.3 Å². The molecule has 1 aromatic carbocycles. The standard InChI is InChI=1S/C16H16FNO2S/c17-13-2-1-3-14-12(13)8-15(21-14)16(20)18-9-4-5-10(18)7-11(19)6-9/h1-3,8-11,19H,4-7H2. The summed E-state index contributed by atoms with van der Waals surface area (Å²) in [7, 11) is 0. The maximum atomic E-state index is 13.8. The van der Waals surface area contributed by atoms with Gasteiger partial charge in [0, 0.05) is 22.2 Å². The van der Waals surface area contributed by atoms with E-state index in [2.05, 4.69) is 0 Å². The Balaban J connectivity index is 1.69. The number of piperidine rings is 1. The van der Waals surface area contributed by atoms with Gasteiger partial charge >= 0.3 is 0 Å². The molecule has 0 radical (unpaired) electrons. The van der Waals surface area contributed by atoms with E-state index in [1.165, 1.54) is 17.4 Å². The Morgan fingerprint density at radius 1 is 1.29 bits per heavy atom. The highest BCUT2D eigenvalue weighted by Crippen LogP contribution is 2.38. The molecule has 0 saturated carbocycles. The summed E-state index contributed by atoms with van der Waals surface area (Å²) in [5.41, 5.74) is 0. The molecule has 2 aliphatic rings. The number of benzene rings is 1. The van der Waals surface area contributed by atoms with Gasteiger partial charge in [-0.25, -0.2) is 4.39 Å². The molecule has 2 fully saturated rings. The van der Waals surface area contributed by atoms with Crippen molar-refractivity contribution in [3.63, 3.8) is 0 Å². The molecule has 0 spiro atoms. The highest BCUT2D eigenvalue weighted by atomic mass is 32.1. The zero-order valence-corrected chi connectivity index (χ0v) is 12.3. The minimum absolute atomic E-state index is 0.00463. The maximum absolute atomic E-state index is 13.8. The number of hydrogen-bond donors (Lipinski definition) is 1. The average Bonchev–Trinajstić information content (AvgIpc) is 2.99. The lowest BCUT2D eigenvalue weighted by atomic mass is 9.99. The van der Waals surface area contributed by atoms with Crippen molar-refractivity contribution in [1.29, 1.82) is 0 Å². The van der Waals surface area contributed by atoms with Crippen molar-refractivity contribution in [2.45, 2.75) is 43.9 Å². The van der Waals surface area contributed by atoms with Crippen LogP contribution in [0.4, 0.5) is 4.39 Å². The van der Waals surface area contributed by atoms with Crippen LogP contribution in [0.3, 0.4) is 0 Å². The van der Waals surface area contributed by atoms with E-state index < -0.39 is 0 Å². The first-order chi connectivity index (χ1) is 10.1. The predicted octanol–water partition coefficient (Wildman–Crippen LogP) is 3.17. The van der Waals surface area contributed by atoms with Crippen molar-refractivity contribution in [3.05, 3.63) is 35.0 Å². The smallest absolute Gasteiger partial charge is 0.264 e. The van der Waals surface area contributed by atoms with Crippen LogP contribution in [0.5, 0.6) is 0 Å². The summed E-state index contributed by atoms with van der Waals surface area (Å²) in [4.78, 5) is 15.3. The summed E-state index contributed by atoms with van der Waals surface area (Å²) in [6.45, 7) is 0. The molecular formula is C16H16FNO2S. The lowest BCUT2D eigenvalue weighted by molar-refractivity contribution is 0.0290. The number of thiophene rings is 1. The Hall–Kier alpha value is -1.46. The highest BCUT2D eigenvalue weighted by Gasteiger charge is 2.43. The summed E-state index contributed by atoms with van der Waals surface area (Å²) >= 11 is 1.35. The van der Waals surface area contributed by atoms with Crippen molar-refractivity contribution in [2.24, 2.45) is 0 Å². The Morgan fingerprint density at radius 3 is 2.67 bits per heavy atom. The third-order valence-corrected chi connectivity index (χ3v) is 5.75. The van der Waals surface area contributed by atoms with Gasteiger partial charge in [0.25, 0.3) is 5.91 Å². The van der Waals surface area contributed by atoms with Gasteiger partial charge in [0.1, 0.15) is 5.82 Å². The summed E-state index contributed by atoms with van der Waals surface area (Å²) < 4.78 is 14.6. The molecule has 5 heteroatoms. The van der Waals surface area contributed by atoms with Gasteiger partial charge in [-0.3, -0.25) is 4.79 Å². The largest absolute Gasteiger partial charge is 0.393 e. The summed E-state index contributed by atoms with van der Waals surface area (Å²) in [6.07, 6.45) is 2.98. The second-order valence-corrected chi connectivity index (χ2v) is 7.07. The number of fused-ring (bicyclic) bond motifs is 3. The normalized spacial score (nSPS) is 28.3. The molecule has 2 aliphatic heterocycles. The van der Waals surface area contributed by atoms with Crippen molar-refractivity contribution in [3.8, 4) is 0 Å². The van der Waals surface area contributed by atoms with E-state index in [9.17, 15) is 14.3 Å². The van der Waals surface area contributed by atoms with E-state index in [1.54, 1.807) is 12.1 Å². The third kappa shape index (κ3) is 2.07. The van der Waals surface area contributed by atoms with Crippen LogP contribution in [-0.2, 0) is 0 Å². The molecule has 2 atom stereocenters. The number of carbonyl (C=O) groups excluding carboxylic acids is 1. The zero-order chi connectivity index (χ0) is 14.6. The van der Waals surface area contributed by atoms with Gasteiger partial charge in [0.15, 0.2) is 0 Å². The summed E-state index contributed by atoms with van der Waals surface area (Å²) in [5, 5.41) is 10.3. The molecule has 4 rings (SSSR count). The number of nitrogens with zero attached hydrogens (tertiary/aromatic N) is 1. The lowest BCUT2D eigenvalue weighted by Crippen LogP contribution is -2.47. The van der Waals surface area contributed by atoms with Gasteiger partial charge in [0.05, 0.1) is 11.0 Å². The molecule has 1 N–H and O–H groups in total. The molecule has 3 heterocycles. The van der Waals surface area contributed by atoms with Crippen LogP contribution in [0.15, 0.2) is 24.3 Å². The Bertz CT molecular complexity index is 699. The fourth-order valence-corrected chi connectivity index (χ4v) is 4.76. The second-order valence-electron chi connectivity index (χ2n) is 5.98. The number of aliphatic hydroxyl groups excluding tert-OH is 1. The number of aliphatic hydroxyl groups is 1. The molecule has 2 saturated heterocycles. The first-order valence-corrected chi connectivity index (χ1v) is 8.14. The molecule has 2 aromatic rings. The quantitative estimate of drug-likeness (QED) is 0.879. The number of halogens is 1. The second kappa shape index (κ2) is 4.78. The molecule has 110 valence electrons. The minimum atomic E-state index is -0.286. The van der Waals surface area contributed by atoms with E-state index in [-0.39, 0.29) is 29.9 Å². The number of rotatable bonds is 1. The predicted molar refractivity (Wildman–Crippen MR) is 80.0 cm³/mol. The molecule has 2 unspecified atom stereocenters. The molecule has 0 aliphatic carbocycles. The SMILES string of the molecule is O=C(c1cc2c(F)cccc2s1)N1C2CCC1CC(O)C2. The Morgan fingerprint density at radius 2 is 2.00 bits per heavy atom. The molecule has 3 nitrogen and oxygen atoms in total. The van der Waals surface area contributed by atoms with Gasteiger partial charge in [0.2, 0.25) is 0 Å². The Kier molecular flexibility index (Phi) is 3.01. The van der Waals surface area contributed by atoms with E-state index >= 15 is 0 Å². The van der Waals surface area contributed by atoms with Gasteiger partial charge in [-0.2, -0.15) is 0 Å². The molecule has 21 heavy (non-hydrogen) atoms. The first kappa shape index (κ1) is 13.2. The van der Waals surface area contributed by atoms with Crippen molar-refractivity contribution >= 4 is 27.3 Å². The van der Waals surface area contributed by atoms with Crippen LogP contribution in [0, 0.1) is 5.82 Å². The van der Waals surface area contributed by atoms with E-state index in [0.29, 0.717) is 23.1 Å². The van der Waals surface area contributed by atoms with Crippen LogP contribution >= 0.6 is 11.3 Å². The Labute approximate surface area is 126 Å². The molecule has 2 bridgehead atoms. The van der Waals surface area contributed by atoms with E-state index in [1.807, 2.05) is 11.0 Å². The monoisotopic (exact) mass is 305 g/mol. The van der Waals surface area contributed by atoms with Crippen LogP contribution in [0.2, 0.25) is 0 Å². The topological polar surface area (TPSA) is 40.5 Å². The van der Waals surface area contributed by atoms with Crippen LogP contribution in [0.25, 0.3) is 10.1 Å². The number of hydrogen-bond acceptors (Lipinski definition) is 3. The number of amides is 1. The van der Waals surface area contributed by atoms with Crippen molar-refractivity contribution in [1.82, 2.24) is 4.90 Å². The van der Waals surface area contributed by atoms with Crippen molar-refractivity contribution in [2.75, 3.05) is 0 Å². The molecule has 1 aromatic heterocycles. The van der Waals surface area contributed by atoms with Crippen LogP contribution < -0.4 is 0 Å². The fourth-order valence-electron chi connectivity index (χ4n) is 3.74. The summed E-state index contributed by atoms with van der Waals surface area (Å²) in [6, 6.07) is 6.88. The molecule has 1 amide bonds. The van der Waals surface area contributed by atoms with Gasteiger partial charge in [-0.05, 0) is 43.9 Å². The minimum Gasteiger partial charge on any atom is -0.393 e. The fraction of sp³-hybridized carbons (Fsp3) is 0.438. The number of carbonyl (C=O) groups is 1. The van der Waals surface area contributed by atoms with Gasteiger partial charge in [-0.15, -0.1) is 11.3 Å². The first-order valence-electron chi connectivity index (χ1n) is 7.32. The third-order valence-electron chi connectivity index (χ3n) is 4.66.